The summed E-state index contributed by atoms with van der Waals surface area (Å²) >= 11 is 0. The van der Waals surface area contributed by atoms with Gasteiger partial charge in [0, 0.05) is 0 Å². The van der Waals surface area contributed by atoms with Crippen molar-refractivity contribution in [2.75, 3.05) is 13.2 Å². The van der Waals surface area contributed by atoms with Crippen molar-refractivity contribution in [1.82, 2.24) is 0 Å². The summed E-state index contributed by atoms with van der Waals surface area (Å²) in [6.45, 7) is 4.63. The van der Waals surface area contributed by atoms with E-state index < -0.39 is 11.9 Å². The first kappa shape index (κ1) is 37.0. The standard InChI is InChI=1S/C46H38O8/c1-3-28-51-43(47)36-14-10-31(11-15-36)33-18-23-39(24-19-33)53-45(49)38-22-27-41(42(30-38)35-8-6-5-7-9-35)46(50)54-40-25-20-34(21-26-40)32-12-16-37(17-13-32)44(48)52-29-4-2/h5-27,30H,3-4,28-29H2,1-2H3. The van der Waals surface area contributed by atoms with Gasteiger partial charge >= 0.3 is 23.9 Å². The third kappa shape index (κ3) is 9.16. The number of esters is 4. The molecule has 6 rings (SSSR count). The molecule has 0 saturated heterocycles. The van der Waals surface area contributed by atoms with Gasteiger partial charge in [0.1, 0.15) is 11.5 Å². The fourth-order valence-electron chi connectivity index (χ4n) is 5.62. The molecule has 6 aromatic carbocycles. The maximum absolute atomic E-state index is 13.5. The number of carbonyl (C=O) groups is 4. The van der Waals surface area contributed by atoms with Crippen LogP contribution in [0.2, 0.25) is 0 Å². The van der Waals surface area contributed by atoms with Crippen LogP contribution in [0.25, 0.3) is 33.4 Å². The van der Waals surface area contributed by atoms with Crippen LogP contribution in [0.4, 0.5) is 0 Å². The molecule has 0 aliphatic carbocycles. The molecule has 8 nitrogen and oxygen atoms in total. The van der Waals surface area contributed by atoms with E-state index in [9.17, 15) is 19.2 Å². The Balaban J connectivity index is 1.14. The van der Waals surface area contributed by atoms with Gasteiger partial charge in [0.15, 0.2) is 0 Å². The van der Waals surface area contributed by atoms with E-state index in [4.69, 9.17) is 18.9 Å². The van der Waals surface area contributed by atoms with Crippen LogP contribution in [-0.4, -0.2) is 37.1 Å². The Bertz CT molecular complexity index is 2220. The second-order valence-electron chi connectivity index (χ2n) is 12.4. The normalized spacial score (nSPS) is 10.6. The number of rotatable bonds is 13. The summed E-state index contributed by atoms with van der Waals surface area (Å²) in [5.41, 5.74) is 6.28. The van der Waals surface area contributed by atoms with Gasteiger partial charge in [0.05, 0.1) is 35.5 Å². The fraction of sp³-hybridized carbons (Fsp3) is 0.130. The van der Waals surface area contributed by atoms with Crippen molar-refractivity contribution in [3.05, 3.63) is 168 Å². The Morgan fingerprint density at radius 1 is 0.407 bits per heavy atom. The molecule has 0 heterocycles. The van der Waals surface area contributed by atoms with Crippen molar-refractivity contribution in [1.29, 1.82) is 0 Å². The zero-order valence-corrected chi connectivity index (χ0v) is 30.0. The van der Waals surface area contributed by atoms with Crippen molar-refractivity contribution >= 4 is 23.9 Å². The van der Waals surface area contributed by atoms with Gasteiger partial charge in [-0.2, -0.15) is 0 Å². The van der Waals surface area contributed by atoms with Gasteiger partial charge in [-0.05, 0) is 113 Å². The lowest BCUT2D eigenvalue weighted by Crippen LogP contribution is -2.13. The van der Waals surface area contributed by atoms with E-state index in [1.807, 2.05) is 92.7 Å². The van der Waals surface area contributed by atoms with Crippen LogP contribution in [0.1, 0.15) is 68.1 Å². The minimum absolute atomic E-state index is 0.258. The predicted octanol–water partition coefficient (Wildman–Crippen LogP) is 10.3. The molecule has 54 heavy (non-hydrogen) atoms. The van der Waals surface area contributed by atoms with E-state index >= 15 is 0 Å². The van der Waals surface area contributed by atoms with E-state index in [0.29, 0.717) is 41.4 Å². The molecular weight excluding hydrogens is 680 g/mol. The Labute approximate surface area is 313 Å². The lowest BCUT2D eigenvalue weighted by Gasteiger charge is -2.13. The highest BCUT2D eigenvalue weighted by molar-refractivity contribution is 6.01. The minimum Gasteiger partial charge on any atom is -0.462 e. The Morgan fingerprint density at radius 3 is 1.26 bits per heavy atom. The Hall–Kier alpha value is -6.80. The van der Waals surface area contributed by atoms with Crippen molar-refractivity contribution in [3.63, 3.8) is 0 Å². The van der Waals surface area contributed by atoms with E-state index in [-0.39, 0.29) is 23.1 Å². The quantitative estimate of drug-likeness (QED) is 0.0858. The predicted molar refractivity (Wildman–Crippen MR) is 207 cm³/mol. The number of carbonyl (C=O) groups excluding carboxylic acids is 4. The number of hydrogen-bond acceptors (Lipinski definition) is 8. The summed E-state index contributed by atoms with van der Waals surface area (Å²) in [5.74, 6) is -1.19. The highest BCUT2D eigenvalue weighted by Crippen LogP contribution is 2.29. The van der Waals surface area contributed by atoms with Gasteiger partial charge in [-0.1, -0.05) is 92.7 Å². The van der Waals surface area contributed by atoms with Gasteiger partial charge in [0.2, 0.25) is 0 Å². The van der Waals surface area contributed by atoms with Gasteiger partial charge < -0.3 is 18.9 Å². The summed E-state index contributed by atoms with van der Waals surface area (Å²) in [7, 11) is 0. The van der Waals surface area contributed by atoms with Crippen molar-refractivity contribution in [2.24, 2.45) is 0 Å². The van der Waals surface area contributed by atoms with Crippen LogP contribution in [0.15, 0.2) is 146 Å². The highest BCUT2D eigenvalue weighted by atomic mass is 16.5. The molecular formula is C46H38O8. The summed E-state index contributed by atoms with van der Waals surface area (Å²) in [5, 5.41) is 0. The lowest BCUT2D eigenvalue weighted by atomic mass is 9.97. The Morgan fingerprint density at radius 2 is 0.815 bits per heavy atom. The van der Waals surface area contributed by atoms with Crippen LogP contribution >= 0.6 is 0 Å². The summed E-state index contributed by atoms with van der Waals surface area (Å²) < 4.78 is 21.9. The molecule has 0 unspecified atom stereocenters. The maximum atomic E-state index is 13.5. The maximum Gasteiger partial charge on any atom is 0.344 e. The molecule has 0 aliphatic rings. The molecule has 0 N–H and O–H groups in total. The van der Waals surface area contributed by atoms with Crippen molar-refractivity contribution in [2.45, 2.75) is 26.7 Å². The zero-order valence-electron chi connectivity index (χ0n) is 30.0. The third-order valence-corrected chi connectivity index (χ3v) is 8.47. The summed E-state index contributed by atoms with van der Waals surface area (Å²) in [6.07, 6.45) is 1.51. The van der Waals surface area contributed by atoms with Crippen molar-refractivity contribution in [3.8, 4) is 44.9 Å². The summed E-state index contributed by atoms with van der Waals surface area (Å²) in [4.78, 5) is 51.2. The van der Waals surface area contributed by atoms with Crippen LogP contribution in [0.5, 0.6) is 11.5 Å². The second kappa shape index (κ2) is 17.6. The average molecular weight is 719 g/mol. The first-order valence-corrected chi connectivity index (χ1v) is 17.7. The zero-order chi connectivity index (χ0) is 37.9. The van der Waals surface area contributed by atoms with Crippen molar-refractivity contribution < 1.29 is 38.1 Å². The second-order valence-corrected chi connectivity index (χ2v) is 12.4. The minimum atomic E-state index is -0.587. The van der Waals surface area contributed by atoms with Gasteiger partial charge in [-0.3, -0.25) is 0 Å². The molecule has 0 atom stereocenters. The van der Waals surface area contributed by atoms with E-state index in [0.717, 1.165) is 40.7 Å². The summed E-state index contributed by atoms with van der Waals surface area (Å²) in [6, 6.07) is 42.4. The first-order chi connectivity index (χ1) is 26.3. The number of ether oxygens (including phenoxy) is 4. The van der Waals surface area contributed by atoms with Crippen LogP contribution in [0, 0.1) is 0 Å². The molecule has 0 bridgehead atoms. The number of hydrogen-bond donors (Lipinski definition) is 0. The smallest absolute Gasteiger partial charge is 0.344 e. The molecule has 0 aromatic heterocycles. The molecule has 8 heteroatoms. The SMILES string of the molecule is CCCOC(=O)c1ccc(-c2ccc(OC(=O)c3ccc(C(=O)Oc4ccc(-c5ccc(C(=O)OCCC)cc5)cc4)c(-c4ccccc4)c3)cc2)cc1. The number of benzene rings is 6. The molecule has 0 aliphatic heterocycles. The molecule has 0 spiro atoms. The Kier molecular flexibility index (Phi) is 12.1. The van der Waals surface area contributed by atoms with E-state index in [1.165, 1.54) is 6.07 Å². The van der Waals surface area contributed by atoms with Gasteiger partial charge in [0.25, 0.3) is 0 Å². The molecule has 0 amide bonds. The molecule has 0 saturated carbocycles. The van der Waals surface area contributed by atoms with Gasteiger partial charge in [-0.25, -0.2) is 19.2 Å². The molecule has 0 fully saturated rings. The molecule has 6 aromatic rings. The average Bonchev–Trinajstić information content (AvgIpc) is 3.22. The van der Waals surface area contributed by atoms with E-state index in [2.05, 4.69) is 0 Å². The monoisotopic (exact) mass is 718 g/mol. The third-order valence-electron chi connectivity index (χ3n) is 8.47. The van der Waals surface area contributed by atoms with E-state index in [1.54, 1.807) is 60.7 Å². The lowest BCUT2D eigenvalue weighted by molar-refractivity contribution is 0.0496. The largest absolute Gasteiger partial charge is 0.462 e. The van der Waals surface area contributed by atoms with Crippen LogP contribution in [0.3, 0.4) is 0 Å². The highest BCUT2D eigenvalue weighted by Gasteiger charge is 2.19. The molecule has 0 radical (unpaired) electrons. The fourth-order valence-corrected chi connectivity index (χ4v) is 5.62. The topological polar surface area (TPSA) is 105 Å². The molecule has 270 valence electrons. The van der Waals surface area contributed by atoms with Crippen LogP contribution < -0.4 is 9.47 Å². The van der Waals surface area contributed by atoms with Gasteiger partial charge in [-0.15, -0.1) is 0 Å². The first-order valence-electron chi connectivity index (χ1n) is 17.7. The van der Waals surface area contributed by atoms with Crippen LogP contribution in [-0.2, 0) is 9.47 Å².